The number of hydrogen-bond donors (Lipinski definition) is 5. The van der Waals surface area contributed by atoms with Crippen LogP contribution in [0.5, 0.6) is 11.5 Å². The van der Waals surface area contributed by atoms with Crippen LogP contribution >= 0.6 is 11.6 Å². The van der Waals surface area contributed by atoms with Crippen molar-refractivity contribution in [2.24, 2.45) is 13.0 Å². The Morgan fingerprint density at radius 1 is 1.18 bits per heavy atom. The number of rotatable bonds is 7. The molecule has 0 aliphatic carbocycles. The third-order valence-corrected chi connectivity index (χ3v) is 4.59. The molecule has 1 atom stereocenters. The van der Waals surface area contributed by atoms with Gasteiger partial charge < -0.3 is 26.0 Å². The molecule has 11 heteroatoms. The van der Waals surface area contributed by atoms with Gasteiger partial charge in [0, 0.05) is 18.6 Å². The number of aliphatic hydroxyl groups is 1. The van der Waals surface area contributed by atoms with Crippen LogP contribution in [0.4, 0.5) is 11.8 Å². The number of halogens is 1. The molecular weight excluding hydrogens is 386 g/mol. The summed E-state index contributed by atoms with van der Waals surface area (Å²) < 4.78 is 1.51. The van der Waals surface area contributed by atoms with E-state index in [2.05, 4.69) is 30.9 Å². The summed E-state index contributed by atoms with van der Waals surface area (Å²) in [7, 11) is 1.71. The van der Waals surface area contributed by atoms with E-state index in [9.17, 15) is 15.3 Å². The zero-order chi connectivity index (χ0) is 20.4. The monoisotopic (exact) mass is 407 g/mol. The van der Waals surface area contributed by atoms with Gasteiger partial charge in [-0.3, -0.25) is 0 Å². The molecule has 0 fully saturated rings. The molecule has 3 rings (SSSR count). The van der Waals surface area contributed by atoms with Crippen molar-refractivity contribution >= 4 is 34.5 Å². The predicted octanol–water partition coefficient (Wildman–Crippen LogP) is 1.86. The maximum Gasteiger partial charge on any atom is 0.227 e. The first-order valence-corrected chi connectivity index (χ1v) is 9.07. The molecule has 0 saturated carbocycles. The van der Waals surface area contributed by atoms with E-state index < -0.39 is 0 Å². The summed E-state index contributed by atoms with van der Waals surface area (Å²) in [6, 6.07) is 2.46. The molecule has 0 unspecified atom stereocenters. The van der Waals surface area contributed by atoms with Crippen molar-refractivity contribution in [1.82, 2.24) is 25.0 Å². The second kappa shape index (κ2) is 8.03. The summed E-state index contributed by atoms with van der Waals surface area (Å²) >= 11 is 5.82. The third kappa shape index (κ3) is 4.02. The standard InChI is InChI=1S/C17H22ClN7O3/c1-8(2)11(7-26)20-17-21-15(14-16(22-17)25(3)24-23-14)19-6-10-12(27)4-9(18)5-13(10)28/h4-5,8,11,26-28H,6-7H2,1-3H3,(H2,19,20,21,22)/t11-/m0/s1. The molecule has 0 saturated heterocycles. The number of aromatic nitrogens is 5. The highest BCUT2D eigenvalue weighted by atomic mass is 35.5. The van der Waals surface area contributed by atoms with Crippen LogP contribution in [0.1, 0.15) is 19.4 Å². The van der Waals surface area contributed by atoms with Gasteiger partial charge in [0.25, 0.3) is 0 Å². The van der Waals surface area contributed by atoms with Crippen molar-refractivity contribution in [3.8, 4) is 11.5 Å². The molecule has 0 bridgehead atoms. The van der Waals surface area contributed by atoms with Crippen LogP contribution in [0, 0.1) is 5.92 Å². The molecule has 2 aromatic heterocycles. The Balaban J connectivity index is 1.94. The minimum Gasteiger partial charge on any atom is -0.507 e. The largest absolute Gasteiger partial charge is 0.507 e. The van der Waals surface area contributed by atoms with E-state index in [1.54, 1.807) is 7.05 Å². The number of phenols is 2. The van der Waals surface area contributed by atoms with Gasteiger partial charge >= 0.3 is 0 Å². The molecule has 150 valence electrons. The molecule has 10 nitrogen and oxygen atoms in total. The summed E-state index contributed by atoms with van der Waals surface area (Å²) in [5.41, 5.74) is 1.20. The zero-order valence-electron chi connectivity index (χ0n) is 15.7. The summed E-state index contributed by atoms with van der Waals surface area (Å²) in [4.78, 5) is 8.84. The molecular formula is C17H22ClN7O3. The van der Waals surface area contributed by atoms with Gasteiger partial charge in [0.1, 0.15) is 11.5 Å². The van der Waals surface area contributed by atoms with Gasteiger partial charge in [0.2, 0.25) is 5.95 Å². The molecule has 5 N–H and O–H groups in total. The van der Waals surface area contributed by atoms with E-state index in [0.717, 1.165) is 0 Å². The number of hydrogen-bond acceptors (Lipinski definition) is 9. The molecule has 1 aromatic carbocycles. The Bertz CT molecular complexity index is 969. The molecule has 28 heavy (non-hydrogen) atoms. The second-order valence-electron chi connectivity index (χ2n) is 6.73. The van der Waals surface area contributed by atoms with Gasteiger partial charge in [-0.05, 0) is 18.1 Å². The molecule has 2 heterocycles. The SMILES string of the molecule is CC(C)[C@H](CO)Nc1nc(NCc2c(O)cc(Cl)cc2O)c2nnn(C)c2n1. The Kier molecular flexibility index (Phi) is 5.71. The van der Waals surface area contributed by atoms with Crippen LogP contribution in [-0.2, 0) is 13.6 Å². The fourth-order valence-electron chi connectivity index (χ4n) is 2.65. The maximum atomic E-state index is 10.0. The van der Waals surface area contributed by atoms with Crippen LogP contribution < -0.4 is 10.6 Å². The Morgan fingerprint density at radius 3 is 2.46 bits per heavy atom. The van der Waals surface area contributed by atoms with Crippen LogP contribution in [-0.4, -0.2) is 52.9 Å². The molecule has 0 spiro atoms. The lowest BCUT2D eigenvalue weighted by atomic mass is 10.1. The van der Waals surface area contributed by atoms with E-state index in [-0.39, 0.29) is 47.2 Å². The van der Waals surface area contributed by atoms with E-state index in [1.807, 2.05) is 13.8 Å². The molecule has 3 aromatic rings. The van der Waals surface area contributed by atoms with Gasteiger partial charge in [0.15, 0.2) is 17.0 Å². The van der Waals surface area contributed by atoms with E-state index in [0.29, 0.717) is 22.9 Å². The van der Waals surface area contributed by atoms with Crippen molar-refractivity contribution in [2.45, 2.75) is 26.4 Å². The highest BCUT2D eigenvalue weighted by molar-refractivity contribution is 6.30. The Labute approximate surface area is 166 Å². The lowest BCUT2D eigenvalue weighted by Gasteiger charge is -2.20. The number of benzene rings is 1. The summed E-state index contributed by atoms with van der Waals surface area (Å²) in [6.45, 7) is 3.95. The van der Waals surface area contributed by atoms with Gasteiger partial charge in [-0.2, -0.15) is 9.97 Å². The van der Waals surface area contributed by atoms with Gasteiger partial charge in [-0.15, -0.1) is 5.10 Å². The Hall–Kier alpha value is -2.85. The average Bonchev–Trinajstić information content (AvgIpc) is 2.99. The third-order valence-electron chi connectivity index (χ3n) is 4.37. The van der Waals surface area contributed by atoms with Crippen molar-refractivity contribution in [3.05, 3.63) is 22.7 Å². The minimum absolute atomic E-state index is 0.0714. The second-order valence-corrected chi connectivity index (χ2v) is 7.17. The molecule has 0 radical (unpaired) electrons. The highest BCUT2D eigenvalue weighted by Gasteiger charge is 2.18. The van der Waals surface area contributed by atoms with Crippen LogP contribution in [0.2, 0.25) is 5.02 Å². The molecule has 0 aliphatic rings. The smallest absolute Gasteiger partial charge is 0.227 e. The average molecular weight is 408 g/mol. The van der Waals surface area contributed by atoms with Crippen molar-refractivity contribution < 1.29 is 15.3 Å². The number of nitrogens with zero attached hydrogens (tertiary/aromatic N) is 5. The van der Waals surface area contributed by atoms with Crippen molar-refractivity contribution in [2.75, 3.05) is 17.2 Å². The first-order valence-electron chi connectivity index (χ1n) is 8.69. The van der Waals surface area contributed by atoms with Crippen LogP contribution in [0.25, 0.3) is 11.2 Å². The molecule has 0 amide bonds. The topological polar surface area (TPSA) is 141 Å². The van der Waals surface area contributed by atoms with Crippen molar-refractivity contribution in [3.63, 3.8) is 0 Å². The summed E-state index contributed by atoms with van der Waals surface area (Å²) in [5, 5.41) is 44.1. The van der Waals surface area contributed by atoms with Gasteiger partial charge in [0.05, 0.1) is 18.2 Å². The number of phenolic OH excluding ortho intramolecular Hbond substituents is 2. The van der Waals surface area contributed by atoms with E-state index in [4.69, 9.17) is 11.6 Å². The maximum absolute atomic E-state index is 10.0. The van der Waals surface area contributed by atoms with Crippen molar-refractivity contribution in [1.29, 1.82) is 0 Å². The molecule has 0 aliphatic heterocycles. The fraction of sp³-hybridized carbons (Fsp3) is 0.412. The number of aromatic hydroxyl groups is 2. The first-order chi connectivity index (χ1) is 13.3. The lowest BCUT2D eigenvalue weighted by Crippen LogP contribution is -2.30. The normalized spacial score (nSPS) is 12.5. The highest BCUT2D eigenvalue weighted by Crippen LogP contribution is 2.32. The summed E-state index contributed by atoms with van der Waals surface area (Å²) in [6.07, 6.45) is 0. The number of nitrogens with one attached hydrogen (secondary N) is 2. The minimum atomic E-state index is -0.226. The van der Waals surface area contributed by atoms with E-state index >= 15 is 0 Å². The van der Waals surface area contributed by atoms with Crippen LogP contribution in [0.3, 0.4) is 0 Å². The number of fused-ring (bicyclic) bond motifs is 1. The van der Waals surface area contributed by atoms with Gasteiger partial charge in [-0.25, -0.2) is 4.68 Å². The number of anilines is 2. The first kappa shape index (κ1) is 19.9. The fourth-order valence-corrected chi connectivity index (χ4v) is 2.86. The van der Waals surface area contributed by atoms with Crippen LogP contribution in [0.15, 0.2) is 12.1 Å². The Morgan fingerprint density at radius 2 is 1.86 bits per heavy atom. The summed E-state index contributed by atoms with van der Waals surface area (Å²) in [5.74, 6) is 0.557. The lowest BCUT2D eigenvalue weighted by molar-refractivity contribution is 0.248. The van der Waals surface area contributed by atoms with Gasteiger partial charge in [-0.1, -0.05) is 30.7 Å². The van der Waals surface area contributed by atoms with E-state index in [1.165, 1.54) is 16.8 Å². The quantitative estimate of drug-likeness (QED) is 0.396. The predicted molar refractivity (Wildman–Crippen MR) is 106 cm³/mol. The number of aliphatic hydroxyl groups excluding tert-OH is 1. The zero-order valence-corrected chi connectivity index (χ0v) is 16.4. The number of aryl methyl sites for hydroxylation is 1.